The van der Waals surface area contributed by atoms with Gasteiger partial charge in [-0.1, -0.05) is 0 Å². The van der Waals surface area contributed by atoms with Crippen LogP contribution in [0.2, 0.25) is 0 Å². The largest absolute Gasteiger partial charge is 0.444 e. The van der Waals surface area contributed by atoms with Crippen LogP contribution in [-0.4, -0.2) is 55.1 Å². The number of ether oxygens (including phenoxy) is 1. The van der Waals surface area contributed by atoms with Crippen LogP contribution in [0.4, 0.5) is 16.4 Å². The van der Waals surface area contributed by atoms with Crippen LogP contribution in [0.3, 0.4) is 0 Å². The van der Waals surface area contributed by atoms with E-state index in [1.54, 1.807) is 6.20 Å². The molecule has 0 aromatic carbocycles. The summed E-state index contributed by atoms with van der Waals surface area (Å²) >= 11 is 0. The Morgan fingerprint density at radius 3 is 2.68 bits per heavy atom. The minimum atomic E-state index is -0.469. The second kappa shape index (κ2) is 8.42. The predicted molar refractivity (Wildman–Crippen MR) is 119 cm³/mol. The van der Waals surface area contributed by atoms with Crippen molar-refractivity contribution in [1.29, 1.82) is 0 Å². The molecule has 0 spiro atoms. The molecule has 8 heteroatoms. The molecule has 1 saturated heterocycles. The van der Waals surface area contributed by atoms with Crippen LogP contribution >= 0.6 is 0 Å². The monoisotopic (exact) mass is 424 g/mol. The Hall–Kier alpha value is -2.74. The molecule has 4 heterocycles. The van der Waals surface area contributed by atoms with Crippen LogP contribution in [0, 0.1) is 6.92 Å². The zero-order chi connectivity index (χ0) is 22.2. The molecule has 0 radical (unpaired) electrons. The van der Waals surface area contributed by atoms with Gasteiger partial charge in [-0.2, -0.15) is 0 Å². The van der Waals surface area contributed by atoms with Crippen LogP contribution < -0.4 is 5.32 Å². The molecule has 166 valence electrons. The van der Waals surface area contributed by atoms with E-state index in [0.29, 0.717) is 18.5 Å². The number of piperidine rings is 1. The number of anilines is 2. The SMILES string of the molecule is Cc1ccc(Nc2ncc3c(n2)CN([C@@H]2CCN(C(=O)OC(C)(C)C)[C@H](C)C2)C3)cn1. The first-order valence-electron chi connectivity index (χ1n) is 11.0. The van der Waals surface area contributed by atoms with E-state index in [1.807, 2.05) is 50.9 Å². The number of pyridine rings is 1. The summed E-state index contributed by atoms with van der Waals surface area (Å²) in [4.78, 5) is 30.3. The van der Waals surface area contributed by atoms with Crippen molar-refractivity contribution in [1.82, 2.24) is 24.8 Å². The fourth-order valence-corrected chi connectivity index (χ4v) is 4.24. The molecular formula is C23H32N6O2. The quantitative estimate of drug-likeness (QED) is 0.796. The van der Waals surface area contributed by atoms with E-state index in [1.165, 1.54) is 5.56 Å². The van der Waals surface area contributed by atoms with Gasteiger partial charge in [-0.15, -0.1) is 0 Å². The Kier molecular flexibility index (Phi) is 5.83. The Bertz CT molecular complexity index is 940. The fraction of sp³-hybridized carbons (Fsp3) is 0.565. The molecule has 4 rings (SSSR count). The standard InChI is InChI=1S/C23H32N6O2/c1-15-6-7-18(12-24-15)26-21-25-11-17-13-28(14-20(17)27-21)19-8-9-29(16(2)10-19)22(30)31-23(3,4)5/h6-7,11-12,16,19H,8-10,13-14H2,1-5H3,(H,25,26,27)/t16-,19-/m1/s1. The van der Waals surface area contributed by atoms with Gasteiger partial charge in [-0.3, -0.25) is 9.88 Å². The number of hydrogen-bond acceptors (Lipinski definition) is 7. The summed E-state index contributed by atoms with van der Waals surface area (Å²) in [5.74, 6) is 0.597. The Balaban J connectivity index is 1.36. The minimum absolute atomic E-state index is 0.148. The third kappa shape index (κ3) is 5.12. The van der Waals surface area contributed by atoms with Gasteiger partial charge in [0.1, 0.15) is 5.60 Å². The van der Waals surface area contributed by atoms with Crippen molar-refractivity contribution in [3.63, 3.8) is 0 Å². The zero-order valence-corrected chi connectivity index (χ0v) is 19.1. The normalized spacial score (nSPS) is 21.6. The van der Waals surface area contributed by atoms with Crippen molar-refractivity contribution in [3.05, 3.63) is 41.5 Å². The number of fused-ring (bicyclic) bond motifs is 1. The maximum Gasteiger partial charge on any atom is 0.410 e. The molecule has 2 aliphatic heterocycles. The molecule has 2 aliphatic rings. The molecule has 1 N–H and O–H groups in total. The number of aromatic nitrogens is 3. The highest BCUT2D eigenvalue weighted by atomic mass is 16.6. The van der Waals surface area contributed by atoms with E-state index in [4.69, 9.17) is 9.72 Å². The molecule has 8 nitrogen and oxygen atoms in total. The van der Waals surface area contributed by atoms with Gasteiger partial charge in [0.25, 0.3) is 0 Å². The van der Waals surface area contributed by atoms with Crippen LogP contribution in [0.15, 0.2) is 24.5 Å². The van der Waals surface area contributed by atoms with Crippen LogP contribution in [0.5, 0.6) is 0 Å². The molecule has 0 aliphatic carbocycles. The maximum absolute atomic E-state index is 12.5. The number of likely N-dealkylation sites (tertiary alicyclic amines) is 1. The number of rotatable bonds is 3. The third-order valence-electron chi connectivity index (χ3n) is 5.84. The average molecular weight is 425 g/mol. The summed E-state index contributed by atoms with van der Waals surface area (Å²) < 4.78 is 5.57. The number of amides is 1. The molecule has 0 saturated carbocycles. The molecule has 2 aromatic rings. The number of nitrogens with zero attached hydrogens (tertiary/aromatic N) is 5. The zero-order valence-electron chi connectivity index (χ0n) is 19.1. The Labute approximate surface area is 184 Å². The predicted octanol–water partition coefficient (Wildman–Crippen LogP) is 4.03. The Morgan fingerprint density at radius 1 is 1.19 bits per heavy atom. The number of carbonyl (C=O) groups excluding carboxylic acids is 1. The van der Waals surface area contributed by atoms with Gasteiger partial charge in [0.15, 0.2) is 0 Å². The maximum atomic E-state index is 12.5. The molecule has 0 unspecified atom stereocenters. The fourth-order valence-electron chi connectivity index (χ4n) is 4.24. The highest BCUT2D eigenvalue weighted by molar-refractivity contribution is 5.68. The van der Waals surface area contributed by atoms with E-state index in [-0.39, 0.29) is 12.1 Å². The molecule has 1 amide bonds. The first-order valence-corrected chi connectivity index (χ1v) is 11.0. The van der Waals surface area contributed by atoms with Crippen molar-refractivity contribution in [2.75, 3.05) is 11.9 Å². The smallest absolute Gasteiger partial charge is 0.410 e. The van der Waals surface area contributed by atoms with Gasteiger partial charge in [0, 0.05) is 49.2 Å². The first kappa shape index (κ1) is 21.5. The number of nitrogens with one attached hydrogen (secondary N) is 1. The highest BCUT2D eigenvalue weighted by Gasteiger charge is 2.36. The molecule has 2 atom stereocenters. The lowest BCUT2D eigenvalue weighted by atomic mass is 9.97. The second-order valence-electron chi connectivity index (χ2n) is 9.58. The van der Waals surface area contributed by atoms with Crippen LogP contribution in [0.25, 0.3) is 0 Å². The van der Waals surface area contributed by atoms with Crippen molar-refractivity contribution in [2.24, 2.45) is 0 Å². The highest BCUT2D eigenvalue weighted by Crippen LogP contribution is 2.30. The lowest BCUT2D eigenvalue weighted by Gasteiger charge is -2.41. The first-order chi connectivity index (χ1) is 14.7. The molecule has 2 aromatic heterocycles. The van der Waals surface area contributed by atoms with Crippen LogP contribution in [0.1, 0.15) is 57.5 Å². The van der Waals surface area contributed by atoms with Crippen molar-refractivity contribution < 1.29 is 9.53 Å². The summed E-state index contributed by atoms with van der Waals surface area (Å²) in [6.07, 6.45) is 5.37. The van der Waals surface area contributed by atoms with Gasteiger partial charge in [0.2, 0.25) is 5.95 Å². The number of hydrogen-bond donors (Lipinski definition) is 1. The Morgan fingerprint density at radius 2 is 2.00 bits per heavy atom. The summed E-state index contributed by atoms with van der Waals surface area (Å²) in [5, 5.41) is 3.24. The molecule has 31 heavy (non-hydrogen) atoms. The molecular weight excluding hydrogens is 392 g/mol. The van der Waals surface area contributed by atoms with Gasteiger partial charge >= 0.3 is 6.09 Å². The van der Waals surface area contributed by atoms with E-state index >= 15 is 0 Å². The van der Waals surface area contributed by atoms with E-state index in [2.05, 4.69) is 27.1 Å². The summed E-state index contributed by atoms with van der Waals surface area (Å²) in [7, 11) is 0. The number of carbonyl (C=O) groups is 1. The van der Waals surface area contributed by atoms with Gasteiger partial charge in [0.05, 0.1) is 17.6 Å². The van der Waals surface area contributed by atoms with Gasteiger partial charge in [-0.05, 0) is 59.6 Å². The lowest BCUT2D eigenvalue weighted by molar-refractivity contribution is 0.000923. The van der Waals surface area contributed by atoms with Crippen molar-refractivity contribution >= 4 is 17.7 Å². The van der Waals surface area contributed by atoms with Crippen molar-refractivity contribution in [3.8, 4) is 0 Å². The van der Waals surface area contributed by atoms with Gasteiger partial charge < -0.3 is 15.0 Å². The third-order valence-corrected chi connectivity index (χ3v) is 5.84. The topological polar surface area (TPSA) is 83.5 Å². The van der Waals surface area contributed by atoms with Crippen molar-refractivity contribution in [2.45, 2.75) is 78.2 Å². The second-order valence-corrected chi connectivity index (χ2v) is 9.58. The molecule has 1 fully saturated rings. The lowest BCUT2D eigenvalue weighted by Crippen LogP contribution is -2.51. The van der Waals surface area contributed by atoms with Gasteiger partial charge in [-0.25, -0.2) is 14.8 Å². The van der Waals surface area contributed by atoms with E-state index in [9.17, 15) is 4.79 Å². The molecule has 0 bridgehead atoms. The summed E-state index contributed by atoms with van der Waals surface area (Å²) in [5.41, 5.74) is 3.63. The van der Waals surface area contributed by atoms with E-state index < -0.39 is 5.60 Å². The van der Waals surface area contributed by atoms with Crippen LogP contribution in [-0.2, 0) is 17.8 Å². The summed E-state index contributed by atoms with van der Waals surface area (Å²) in [6.45, 7) is 12.2. The minimum Gasteiger partial charge on any atom is -0.444 e. The average Bonchev–Trinajstić information content (AvgIpc) is 3.11. The van der Waals surface area contributed by atoms with E-state index in [0.717, 1.165) is 43.0 Å². The number of aryl methyl sites for hydroxylation is 1. The summed E-state index contributed by atoms with van der Waals surface area (Å²) in [6, 6.07) is 4.50.